The Labute approximate surface area is 164 Å². The largest absolute Gasteiger partial charge is 0.383 e. The third kappa shape index (κ3) is 3.38. The van der Waals surface area contributed by atoms with Gasteiger partial charge in [0.25, 0.3) is 0 Å². The number of rotatable bonds is 6. The fraction of sp³-hybridized carbons (Fsp3) is 0.429. The minimum Gasteiger partial charge on any atom is -0.383 e. The highest BCUT2D eigenvalue weighted by molar-refractivity contribution is 5.86. The minimum atomic E-state index is 0.00308. The Hall–Kier alpha value is -2.80. The summed E-state index contributed by atoms with van der Waals surface area (Å²) in [7, 11) is 1.65. The maximum Gasteiger partial charge on any atom is 0.223 e. The number of likely N-dealkylation sites (tertiary alicyclic amines) is 1. The highest BCUT2D eigenvalue weighted by Gasteiger charge is 2.34. The number of ether oxygens (including phenoxy) is 1. The summed E-state index contributed by atoms with van der Waals surface area (Å²) in [5.74, 6) is 1.95. The number of carbonyl (C=O) groups excluding carboxylic acids is 1. The van der Waals surface area contributed by atoms with E-state index in [1.807, 2.05) is 39.9 Å². The summed E-state index contributed by atoms with van der Waals surface area (Å²) in [5.41, 5.74) is 1.78. The number of pyridine rings is 1. The number of hydrogen-bond acceptors (Lipinski definition) is 5. The molecule has 1 saturated heterocycles. The molecule has 1 atom stereocenters. The molecule has 0 saturated carbocycles. The second-order valence-electron chi connectivity index (χ2n) is 7.48. The highest BCUT2D eigenvalue weighted by Crippen LogP contribution is 2.31. The lowest BCUT2D eigenvalue weighted by Crippen LogP contribution is -2.28. The second kappa shape index (κ2) is 7.67. The Bertz CT molecular complexity index is 992. The van der Waals surface area contributed by atoms with Gasteiger partial charge < -0.3 is 9.64 Å². The zero-order valence-corrected chi connectivity index (χ0v) is 16.5. The summed E-state index contributed by atoms with van der Waals surface area (Å²) in [6, 6.07) is 10.0. The molecule has 1 aliphatic rings. The van der Waals surface area contributed by atoms with E-state index in [0.717, 1.165) is 28.2 Å². The van der Waals surface area contributed by atoms with Gasteiger partial charge >= 0.3 is 0 Å². The van der Waals surface area contributed by atoms with E-state index in [2.05, 4.69) is 18.8 Å². The molecule has 0 radical (unpaired) electrons. The highest BCUT2D eigenvalue weighted by atomic mass is 16.5. The van der Waals surface area contributed by atoms with Crippen molar-refractivity contribution in [1.82, 2.24) is 24.6 Å². The number of fused-ring (bicyclic) bond motifs is 1. The average molecular weight is 379 g/mol. The Morgan fingerprint density at radius 2 is 2.07 bits per heavy atom. The number of nitrogens with zero attached hydrogens (tertiary/aromatic N) is 5. The van der Waals surface area contributed by atoms with Crippen LogP contribution in [0, 0.1) is 0 Å². The van der Waals surface area contributed by atoms with Crippen LogP contribution in [0.3, 0.4) is 0 Å². The van der Waals surface area contributed by atoms with E-state index in [9.17, 15) is 4.79 Å². The van der Waals surface area contributed by atoms with Crippen LogP contribution in [0.5, 0.6) is 0 Å². The fourth-order valence-electron chi connectivity index (χ4n) is 3.65. The van der Waals surface area contributed by atoms with Crippen molar-refractivity contribution in [3.8, 4) is 5.69 Å². The van der Waals surface area contributed by atoms with E-state index in [4.69, 9.17) is 14.8 Å². The third-order valence-electron chi connectivity index (χ3n) is 5.15. The summed E-state index contributed by atoms with van der Waals surface area (Å²) >= 11 is 0. The first-order valence-corrected chi connectivity index (χ1v) is 9.66. The Morgan fingerprint density at radius 3 is 2.86 bits per heavy atom. The molecule has 1 amide bonds. The zero-order valence-electron chi connectivity index (χ0n) is 16.5. The number of carbonyl (C=O) groups is 1. The van der Waals surface area contributed by atoms with Crippen LogP contribution in [0.15, 0.2) is 36.5 Å². The van der Waals surface area contributed by atoms with Gasteiger partial charge in [-0.1, -0.05) is 32.0 Å². The molecule has 7 nitrogen and oxygen atoms in total. The molecule has 0 aliphatic carbocycles. The van der Waals surface area contributed by atoms with Crippen molar-refractivity contribution in [1.29, 1.82) is 0 Å². The summed E-state index contributed by atoms with van der Waals surface area (Å²) in [6.45, 7) is 5.93. The smallest absolute Gasteiger partial charge is 0.223 e. The molecule has 0 spiro atoms. The lowest BCUT2D eigenvalue weighted by Gasteiger charge is -2.16. The van der Waals surface area contributed by atoms with Gasteiger partial charge in [0, 0.05) is 50.0 Å². The summed E-state index contributed by atoms with van der Waals surface area (Å²) in [4.78, 5) is 23.7. The van der Waals surface area contributed by atoms with Crippen LogP contribution in [0.2, 0.25) is 0 Å². The average Bonchev–Trinajstić information content (AvgIpc) is 3.30. The summed E-state index contributed by atoms with van der Waals surface area (Å²) in [6.07, 6.45) is 2.23. The monoisotopic (exact) mass is 379 g/mol. The van der Waals surface area contributed by atoms with Crippen molar-refractivity contribution in [3.05, 3.63) is 48.2 Å². The number of amides is 1. The van der Waals surface area contributed by atoms with Crippen LogP contribution in [-0.4, -0.2) is 57.4 Å². The maximum absolute atomic E-state index is 12.5. The molecular weight excluding hydrogens is 354 g/mol. The minimum absolute atomic E-state index is 0.00308. The van der Waals surface area contributed by atoms with Gasteiger partial charge in [-0.3, -0.25) is 9.78 Å². The molecule has 0 bridgehead atoms. The van der Waals surface area contributed by atoms with E-state index < -0.39 is 0 Å². The van der Waals surface area contributed by atoms with Gasteiger partial charge in [-0.2, -0.15) is 5.10 Å². The lowest BCUT2D eigenvalue weighted by atomic mass is 10.1. The molecular formula is C21H25N5O2. The topological polar surface area (TPSA) is 73.1 Å². The van der Waals surface area contributed by atoms with E-state index in [0.29, 0.717) is 26.1 Å². The molecule has 1 aromatic carbocycles. The quantitative estimate of drug-likeness (QED) is 0.658. The molecule has 4 rings (SSSR count). The number of methoxy groups -OCH3 is 1. The number of benzene rings is 1. The predicted octanol–water partition coefficient (Wildman–Crippen LogP) is 2.90. The number of aromatic nitrogens is 4. The molecule has 146 valence electrons. The first-order valence-electron chi connectivity index (χ1n) is 9.66. The first-order chi connectivity index (χ1) is 13.6. The predicted molar refractivity (Wildman–Crippen MR) is 107 cm³/mol. The molecule has 28 heavy (non-hydrogen) atoms. The van der Waals surface area contributed by atoms with E-state index >= 15 is 0 Å². The van der Waals surface area contributed by atoms with Gasteiger partial charge in [-0.05, 0) is 12.1 Å². The summed E-state index contributed by atoms with van der Waals surface area (Å²) < 4.78 is 7.03. The number of hydrogen-bond donors (Lipinski definition) is 0. The third-order valence-corrected chi connectivity index (χ3v) is 5.15. The van der Waals surface area contributed by atoms with Gasteiger partial charge in [0.2, 0.25) is 5.91 Å². The van der Waals surface area contributed by atoms with E-state index in [-0.39, 0.29) is 17.7 Å². The van der Waals surface area contributed by atoms with Crippen LogP contribution in [0.4, 0.5) is 0 Å². The van der Waals surface area contributed by atoms with E-state index in [1.54, 1.807) is 13.3 Å². The lowest BCUT2D eigenvalue weighted by molar-refractivity contribution is -0.128. The van der Waals surface area contributed by atoms with Gasteiger partial charge in [0.05, 0.1) is 17.8 Å². The van der Waals surface area contributed by atoms with Crippen LogP contribution >= 0.6 is 0 Å². The molecule has 1 fully saturated rings. The maximum atomic E-state index is 12.5. The van der Waals surface area contributed by atoms with Crippen molar-refractivity contribution in [3.63, 3.8) is 0 Å². The molecule has 3 aromatic rings. The van der Waals surface area contributed by atoms with Crippen molar-refractivity contribution in [2.24, 2.45) is 0 Å². The zero-order chi connectivity index (χ0) is 19.7. The molecule has 1 aliphatic heterocycles. The van der Waals surface area contributed by atoms with E-state index in [1.165, 1.54) is 0 Å². The van der Waals surface area contributed by atoms with Gasteiger partial charge in [-0.15, -0.1) is 0 Å². The van der Waals surface area contributed by atoms with Crippen molar-refractivity contribution in [2.75, 3.05) is 26.8 Å². The van der Waals surface area contributed by atoms with Crippen LogP contribution in [-0.2, 0) is 9.53 Å². The molecule has 2 aromatic heterocycles. The van der Waals surface area contributed by atoms with Gasteiger partial charge in [0.1, 0.15) is 5.82 Å². The Balaban J connectivity index is 1.77. The van der Waals surface area contributed by atoms with Crippen molar-refractivity contribution < 1.29 is 9.53 Å². The van der Waals surface area contributed by atoms with Gasteiger partial charge in [0.15, 0.2) is 5.82 Å². The molecule has 1 unspecified atom stereocenters. The Kier molecular flexibility index (Phi) is 5.09. The van der Waals surface area contributed by atoms with Crippen molar-refractivity contribution >= 4 is 16.8 Å². The van der Waals surface area contributed by atoms with Crippen LogP contribution in [0.25, 0.3) is 16.6 Å². The number of para-hydroxylation sites is 1. The standard InChI is InChI=1S/C21H25N5O2/c1-14(2)20-23-21(16-12-18(27)25(13-16)10-11-28-3)26(24-20)17-8-4-6-15-7-5-9-22-19(15)17/h4-9,14,16H,10-13H2,1-3H3. The van der Waals surface area contributed by atoms with Crippen molar-refractivity contribution in [2.45, 2.75) is 32.1 Å². The van der Waals surface area contributed by atoms with Crippen LogP contribution in [0.1, 0.15) is 43.8 Å². The molecule has 3 heterocycles. The first kappa shape index (κ1) is 18.6. The fourth-order valence-corrected chi connectivity index (χ4v) is 3.65. The normalized spacial score (nSPS) is 17.2. The molecule has 7 heteroatoms. The second-order valence-corrected chi connectivity index (χ2v) is 7.48. The summed E-state index contributed by atoms with van der Waals surface area (Å²) in [5, 5.41) is 5.85. The van der Waals surface area contributed by atoms with Crippen LogP contribution < -0.4 is 0 Å². The SMILES string of the molecule is COCCN1CC(c2nc(C(C)C)nn2-c2cccc3cccnc23)CC1=O. The Morgan fingerprint density at radius 1 is 1.25 bits per heavy atom. The molecule has 0 N–H and O–H groups in total. The van der Waals surface area contributed by atoms with Gasteiger partial charge in [-0.25, -0.2) is 9.67 Å².